The van der Waals surface area contributed by atoms with Gasteiger partial charge in [0.1, 0.15) is 6.33 Å². The molecule has 0 spiro atoms. The molecular formula is C8H10N4S. The quantitative estimate of drug-likeness (QED) is 0.734. The molecular weight excluding hydrogens is 184 g/mol. The highest BCUT2D eigenvalue weighted by Gasteiger charge is 2.10. The van der Waals surface area contributed by atoms with Gasteiger partial charge in [-0.2, -0.15) is 0 Å². The molecule has 2 rings (SSSR count). The second kappa shape index (κ2) is 3.26. The Labute approximate surface area is 80.3 Å². The summed E-state index contributed by atoms with van der Waals surface area (Å²) in [7, 11) is 0. The van der Waals surface area contributed by atoms with Crippen LogP contribution in [0.4, 0.5) is 0 Å². The molecule has 0 aliphatic rings. The van der Waals surface area contributed by atoms with Crippen LogP contribution in [-0.2, 0) is 0 Å². The number of nitrogens with zero attached hydrogens (tertiary/aromatic N) is 4. The third-order valence-corrected chi connectivity index (χ3v) is 2.52. The summed E-state index contributed by atoms with van der Waals surface area (Å²) < 4.78 is 2.01. The predicted octanol–water partition coefficient (Wildman–Crippen LogP) is 1.98. The standard InChI is InChI=1S/C8H10N4S/c1-6(2)12-5-10-11-7(12)8-9-3-4-13-8/h3-6H,1-2H3. The number of hydrogen-bond acceptors (Lipinski definition) is 4. The van der Waals surface area contributed by atoms with E-state index in [1.54, 1.807) is 23.9 Å². The summed E-state index contributed by atoms with van der Waals surface area (Å²) in [5.41, 5.74) is 0. The van der Waals surface area contributed by atoms with Gasteiger partial charge in [0.25, 0.3) is 0 Å². The molecule has 0 saturated carbocycles. The van der Waals surface area contributed by atoms with Gasteiger partial charge in [0, 0.05) is 17.6 Å². The van der Waals surface area contributed by atoms with Gasteiger partial charge in [0.15, 0.2) is 10.8 Å². The zero-order chi connectivity index (χ0) is 9.26. The monoisotopic (exact) mass is 194 g/mol. The van der Waals surface area contributed by atoms with Gasteiger partial charge in [-0.3, -0.25) is 0 Å². The van der Waals surface area contributed by atoms with Crippen molar-refractivity contribution in [3.8, 4) is 10.8 Å². The summed E-state index contributed by atoms with van der Waals surface area (Å²) in [5.74, 6) is 0.852. The van der Waals surface area contributed by atoms with Crippen LogP contribution in [0.15, 0.2) is 17.9 Å². The lowest BCUT2D eigenvalue weighted by atomic mass is 10.4. The van der Waals surface area contributed by atoms with Crippen LogP contribution in [0, 0.1) is 0 Å². The van der Waals surface area contributed by atoms with Crippen LogP contribution < -0.4 is 0 Å². The molecule has 0 radical (unpaired) electrons. The van der Waals surface area contributed by atoms with Crippen molar-refractivity contribution in [3.05, 3.63) is 17.9 Å². The number of rotatable bonds is 2. The Bertz CT molecular complexity index is 377. The van der Waals surface area contributed by atoms with Crippen molar-refractivity contribution < 1.29 is 0 Å². The molecule has 2 aromatic heterocycles. The summed E-state index contributed by atoms with van der Waals surface area (Å²) in [6, 6.07) is 0.369. The van der Waals surface area contributed by atoms with Gasteiger partial charge in [-0.15, -0.1) is 21.5 Å². The lowest BCUT2D eigenvalue weighted by Gasteiger charge is -2.07. The normalized spacial score (nSPS) is 11.0. The minimum atomic E-state index is 0.369. The van der Waals surface area contributed by atoms with Gasteiger partial charge in [-0.25, -0.2) is 4.98 Å². The number of aromatic nitrogens is 4. The van der Waals surface area contributed by atoms with Crippen molar-refractivity contribution in [2.45, 2.75) is 19.9 Å². The molecule has 0 unspecified atom stereocenters. The van der Waals surface area contributed by atoms with Gasteiger partial charge < -0.3 is 4.57 Å². The first kappa shape index (κ1) is 8.37. The molecule has 0 atom stereocenters. The van der Waals surface area contributed by atoms with Crippen LogP contribution in [0.2, 0.25) is 0 Å². The maximum atomic E-state index is 4.20. The summed E-state index contributed by atoms with van der Waals surface area (Å²) in [6.45, 7) is 4.20. The fraction of sp³-hybridized carbons (Fsp3) is 0.375. The van der Waals surface area contributed by atoms with Crippen LogP contribution >= 0.6 is 11.3 Å². The molecule has 0 saturated heterocycles. The number of hydrogen-bond donors (Lipinski definition) is 0. The Hall–Kier alpha value is -1.23. The van der Waals surface area contributed by atoms with E-state index >= 15 is 0 Å². The summed E-state index contributed by atoms with van der Waals surface area (Å²) in [4.78, 5) is 4.20. The largest absolute Gasteiger partial charge is 0.309 e. The van der Waals surface area contributed by atoms with Crippen molar-refractivity contribution >= 4 is 11.3 Å². The van der Waals surface area contributed by atoms with E-state index in [1.165, 1.54) is 0 Å². The molecule has 4 nitrogen and oxygen atoms in total. The topological polar surface area (TPSA) is 43.6 Å². The fourth-order valence-electron chi connectivity index (χ4n) is 1.11. The molecule has 13 heavy (non-hydrogen) atoms. The van der Waals surface area contributed by atoms with Gasteiger partial charge in [0.05, 0.1) is 0 Å². The smallest absolute Gasteiger partial charge is 0.193 e. The predicted molar refractivity (Wildman–Crippen MR) is 51.5 cm³/mol. The van der Waals surface area contributed by atoms with E-state index in [-0.39, 0.29) is 0 Å². The first-order chi connectivity index (χ1) is 6.29. The second-order valence-corrected chi connectivity index (χ2v) is 3.89. The van der Waals surface area contributed by atoms with Gasteiger partial charge in [0.2, 0.25) is 0 Å². The van der Waals surface area contributed by atoms with Gasteiger partial charge in [-0.05, 0) is 13.8 Å². The third kappa shape index (κ3) is 1.47. The molecule has 68 valence electrons. The molecule has 2 heterocycles. The lowest BCUT2D eigenvalue weighted by Crippen LogP contribution is -2.01. The minimum Gasteiger partial charge on any atom is -0.309 e. The van der Waals surface area contributed by atoms with Gasteiger partial charge >= 0.3 is 0 Å². The molecule has 0 bridgehead atoms. The Balaban J connectivity index is 2.46. The Morgan fingerprint density at radius 1 is 1.46 bits per heavy atom. The Morgan fingerprint density at radius 2 is 2.31 bits per heavy atom. The maximum Gasteiger partial charge on any atom is 0.193 e. The first-order valence-electron chi connectivity index (χ1n) is 4.08. The molecule has 5 heteroatoms. The molecule has 0 aromatic carbocycles. The molecule has 0 fully saturated rings. The average molecular weight is 194 g/mol. The van der Waals surface area contributed by atoms with E-state index in [0.29, 0.717) is 6.04 Å². The first-order valence-corrected chi connectivity index (χ1v) is 4.96. The highest BCUT2D eigenvalue weighted by atomic mass is 32.1. The van der Waals surface area contributed by atoms with E-state index in [1.807, 2.05) is 9.95 Å². The zero-order valence-electron chi connectivity index (χ0n) is 7.51. The lowest BCUT2D eigenvalue weighted by molar-refractivity contribution is 0.604. The van der Waals surface area contributed by atoms with Crippen LogP contribution in [0.5, 0.6) is 0 Å². The molecule has 0 aliphatic carbocycles. The number of thiazole rings is 1. The zero-order valence-corrected chi connectivity index (χ0v) is 8.32. The summed E-state index contributed by atoms with van der Waals surface area (Å²) >= 11 is 1.58. The maximum absolute atomic E-state index is 4.20. The molecule has 0 N–H and O–H groups in total. The van der Waals surface area contributed by atoms with Crippen molar-refractivity contribution in [2.24, 2.45) is 0 Å². The molecule has 0 amide bonds. The summed E-state index contributed by atoms with van der Waals surface area (Å²) in [5, 5.41) is 10.8. The van der Waals surface area contributed by atoms with Crippen LogP contribution in [0.25, 0.3) is 10.8 Å². The fourth-order valence-corrected chi connectivity index (χ4v) is 1.73. The van der Waals surface area contributed by atoms with Gasteiger partial charge in [-0.1, -0.05) is 0 Å². The minimum absolute atomic E-state index is 0.369. The summed E-state index contributed by atoms with van der Waals surface area (Å²) in [6.07, 6.45) is 3.51. The van der Waals surface area contributed by atoms with Crippen molar-refractivity contribution in [1.82, 2.24) is 19.7 Å². The molecule has 2 aromatic rings. The second-order valence-electron chi connectivity index (χ2n) is 2.99. The average Bonchev–Trinajstić information content (AvgIpc) is 2.74. The Morgan fingerprint density at radius 3 is 2.92 bits per heavy atom. The van der Waals surface area contributed by atoms with Crippen LogP contribution in [0.3, 0.4) is 0 Å². The highest BCUT2D eigenvalue weighted by molar-refractivity contribution is 7.13. The highest BCUT2D eigenvalue weighted by Crippen LogP contribution is 2.21. The van der Waals surface area contributed by atoms with Crippen LogP contribution in [-0.4, -0.2) is 19.7 Å². The SMILES string of the molecule is CC(C)n1cnnc1-c1nccs1. The van der Waals surface area contributed by atoms with Crippen molar-refractivity contribution in [2.75, 3.05) is 0 Å². The van der Waals surface area contributed by atoms with Crippen LogP contribution in [0.1, 0.15) is 19.9 Å². The third-order valence-electron chi connectivity index (χ3n) is 1.75. The Kier molecular flexibility index (Phi) is 2.10. The van der Waals surface area contributed by atoms with E-state index in [4.69, 9.17) is 0 Å². The van der Waals surface area contributed by atoms with E-state index in [9.17, 15) is 0 Å². The van der Waals surface area contributed by atoms with Crippen molar-refractivity contribution in [3.63, 3.8) is 0 Å². The van der Waals surface area contributed by atoms with E-state index in [0.717, 1.165) is 10.8 Å². The van der Waals surface area contributed by atoms with E-state index < -0.39 is 0 Å². The van der Waals surface area contributed by atoms with Crippen molar-refractivity contribution in [1.29, 1.82) is 0 Å². The molecule has 0 aliphatic heterocycles. The van der Waals surface area contributed by atoms with E-state index in [2.05, 4.69) is 29.0 Å².